The van der Waals surface area contributed by atoms with Gasteiger partial charge in [-0.1, -0.05) is 47.5 Å². The Morgan fingerprint density at radius 3 is 2.05 bits per heavy atom. The molecule has 0 heterocycles. The zero-order valence-electron chi connectivity index (χ0n) is 12.1. The molecule has 112 valence electrons. The quantitative estimate of drug-likeness (QED) is 0.847. The Balaban J connectivity index is 1.81. The molecule has 0 saturated heterocycles. The molecule has 2 N–H and O–H groups in total. The Bertz CT molecular complexity index is 552. The molecular weight excluding hydrogens is 303 g/mol. The normalized spacial score (nSPS) is 12.6. The van der Waals surface area contributed by atoms with E-state index in [4.69, 9.17) is 28.9 Å². The van der Waals surface area contributed by atoms with Crippen LogP contribution in [0.4, 0.5) is 0 Å². The van der Waals surface area contributed by atoms with Crippen molar-refractivity contribution in [2.45, 2.75) is 19.0 Å². The summed E-state index contributed by atoms with van der Waals surface area (Å²) >= 11 is 11.8. The molecule has 2 aromatic carbocycles. The summed E-state index contributed by atoms with van der Waals surface area (Å²) in [6.45, 7) is 1.83. The van der Waals surface area contributed by atoms with Crippen LogP contribution in [0.1, 0.15) is 23.6 Å². The van der Waals surface area contributed by atoms with Crippen molar-refractivity contribution < 1.29 is 0 Å². The highest BCUT2D eigenvalue weighted by Gasteiger charge is 2.08. The number of benzene rings is 2. The molecule has 21 heavy (non-hydrogen) atoms. The molecule has 2 aromatic rings. The van der Waals surface area contributed by atoms with Crippen molar-refractivity contribution in [3.8, 4) is 0 Å². The Labute approximate surface area is 136 Å². The molecule has 2 rings (SSSR count). The maximum absolute atomic E-state index is 6.22. The van der Waals surface area contributed by atoms with Gasteiger partial charge in [0.05, 0.1) is 0 Å². The first-order valence-electron chi connectivity index (χ1n) is 6.98. The molecule has 0 aliphatic carbocycles. The van der Waals surface area contributed by atoms with E-state index in [2.05, 4.69) is 24.1 Å². The molecule has 0 spiro atoms. The number of nitrogens with zero attached hydrogens (tertiary/aromatic N) is 1. The van der Waals surface area contributed by atoms with Crippen molar-refractivity contribution in [2.75, 3.05) is 13.6 Å². The maximum Gasteiger partial charge on any atom is 0.0406 e. The van der Waals surface area contributed by atoms with Crippen molar-refractivity contribution in [3.05, 3.63) is 69.7 Å². The molecule has 2 nitrogen and oxygen atoms in total. The van der Waals surface area contributed by atoms with Gasteiger partial charge in [-0.15, -0.1) is 0 Å². The van der Waals surface area contributed by atoms with Crippen LogP contribution in [0, 0.1) is 0 Å². The summed E-state index contributed by atoms with van der Waals surface area (Å²) in [6.07, 6.45) is 0.908. The lowest BCUT2D eigenvalue weighted by Crippen LogP contribution is -2.23. The highest BCUT2D eigenvalue weighted by molar-refractivity contribution is 6.30. The molecule has 0 fully saturated rings. The second-order valence-corrected chi connectivity index (χ2v) is 6.18. The summed E-state index contributed by atoms with van der Waals surface area (Å²) in [5.74, 6) is 0. The summed E-state index contributed by atoms with van der Waals surface area (Å²) in [4.78, 5) is 2.26. The number of hydrogen-bond acceptors (Lipinski definition) is 2. The van der Waals surface area contributed by atoms with Gasteiger partial charge in [0.1, 0.15) is 0 Å². The summed E-state index contributed by atoms with van der Waals surface area (Å²) in [7, 11) is 2.10. The van der Waals surface area contributed by atoms with E-state index in [9.17, 15) is 0 Å². The van der Waals surface area contributed by atoms with Gasteiger partial charge in [-0.3, -0.25) is 0 Å². The fourth-order valence-corrected chi connectivity index (χ4v) is 2.47. The first-order chi connectivity index (χ1) is 10.0. The molecule has 0 bridgehead atoms. The third kappa shape index (κ3) is 5.33. The van der Waals surface area contributed by atoms with Crippen molar-refractivity contribution in [1.82, 2.24) is 4.90 Å². The fourth-order valence-electron chi connectivity index (χ4n) is 2.22. The molecule has 0 aromatic heterocycles. The van der Waals surface area contributed by atoms with Gasteiger partial charge in [0.25, 0.3) is 0 Å². The van der Waals surface area contributed by atoms with E-state index in [0.29, 0.717) is 0 Å². The molecule has 0 radical (unpaired) electrons. The minimum absolute atomic E-state index is 0.0370. The molecule has 1 atom stereocenters. The van der Waals surface area contributed by atoms with Crippen LogP contribution in [0.15, 0.2) is 48.5 Å². The van der Waals surface area contributed by atoms with Gasteiger partial charge in [0, 0.05) is 22.6 Å². The first kappa shape index (κ1) is 16.3. The zero-order valence-corrected chi connectivity index (χ0v) is 13.6. The molecular formula is C17H20Cl2N2. The number of halogens is 2. The third-order valence-corrected chi connectivity index (χ3v) is 3.99. The van der Waals surface area contributed by atoms with Crippen LogP contribution < -0.4 is 5.73 Å². The summed E-state index contributed by atoms with van der Waals surface area (Å²) in [6, 6.07) is 15.7. The minimum Gasteiger partial charge on any atom is -0.324 e. The van der Waals surface area contributed by atoms with Crippen molar-refractivity contribution in [1.29, 1.82) is 0 Å². The SMILES string of the molecule is CN(CCC(N)c1ccc(Cl)cc1)Cc1ccc(Cl)cc1. The summed E-state index contributed by atoms with van der Waals surface area (Å²) in [5, 5.41) is 1.51. The monoisotopic (exact) mass is 322 g/mol. The van der Waals surface area contributed by atoms with Gasteiger partial charge >= 0.3 is 0 Å². The number of rotatable bonds is 6. The van der Waals surface area contributed by atoms with E-state index in [1.54, 1.807) is 0 Å². The van der Waals surface area contributed by atoms with Crippen molar-refractivity contribution in [2.24, 2.45) is 5.73 Å². The van der Waals surface area contributed by atoms with Gasteiger partial charge in [-0.25, -0.2) is 0 Å². The maximum atomic E-state index is 6.22. The van der Waals surface area contributed by atoms with E-state index >= 15 is 0 Å². The van der Waals surface area contributed by atoms with E-state index in [0.717, 1.165) is 35.1 Å². The predicted octanol–water partition coefficient (Wildman–Crippen LogP) is 4.52. The summed E-state index contributed by atoms with van der Waals surface area (Å²) < 4.78 is 0. The van der Waals surface area contributed by atoms with Gasteiger partial charge in [0.2, 0.25) is 0 Å². The Kier molecular flexibility index (Phi) is 6.07. The van der Waals surface area contributed by atoms with Crippen LogP contribution in [-0.4, -0.2) is 18.5 Å². The second-order valence-electron chi connectivity index (χ2n) is 5.31. The van der Waals surface area contributed by atoms with Gasteiger partial charge < -0.3 is 10.6 Å². The van der Waals surface area contributed by atoms with Crippen LogP contribution in [0.25, 0.3) is 0 Å². The average Bonchev–Trinajstić information content (AvgIpc) is 2.48. The number of hydrogen-bond donors (Lipinski definition) is 1. The van der Waals surface area contributed by atoms with Crippen LogP contribution >= 0.6 is 23.2 Å². The predicted molar refractivity (Wildman–Crippen MR) is 90.8 cm³/mol. The van der Waals surface area contributed by atoms with Crippen molar-refractivity contribution in [3.63, 3.8) is 0 Å². The van der Waals surface area contributed by atoms with E-state index in [1.165, 1.54) is 5.56 Å². The van der Waals surface area contributed by atoms with Gasteiger partial charge in [-0.2, -0.15) is 0 Å². The van der Waals surface area contributed by atoms with Crippen LogP contribution in [0.3, 0.4) is 0 Å². The van der Waals surface area contributed by atoms with Crippen LogP contribution in [-0.2, 0) is 6.54 Å². The molecule has 0 aliphatic heterocycles. The van der Waals surface area contributed by atoms with E-state index < -0.39 is 0 Å². The van der Waals surface area contributed by atoms with Gasteiger partial charge in [-0.05, 0) is 55.4 Å². The van der Waals surface area contributed by atoms with Crippen LogP contribution in [0.5, 0.6) is 0 Å². The molecule has 4 heteroatoms. The fraction of sp³-hybridized carbons (Fsp3) is 0.294. The topological polar surface area (TPSA) is 29.3 Å². The van der Waals surface area contributed by atoms with E-state index in [-0.39, 0.29) is 6.04 Å². The molecule has 0 amide bonds. The average molecular weight is 323 g/mol. The largest absolute Gasteiger partial charge is 0.324 e. The minimum atomic E-state index is 0.0370. The number of nitrogens with two attached hydrogens (primary N) is 1. The first-order valence-corrected chi connectivity index (χ1v) is 7.74. The lowest BCUT2D eigenvalue weighted by Gasteiger charge is -2.19. The third-order valence-electron chi connectivity index (χ3n) is 3.49. The Hall–Kier alpha value is -1.06. The highest BCUT2D eigenvalue weighted by atomic mass is 35.5. The summed E-state index contributed by atoms with van der Waals surface area (Å²) in [5.41, 5.74) is 8.60. The van der Waals surface area contributed by atoms with Crippen LogP contribution in [0.2, 0.25) is 10.0 Å². The second kappa shape index (κ2) is 7.81. The highest BCUT2D eigenvalue weighted by Crippen LogP contribution is 2.18. The molecule has 0 saturated carbocycles. The van der Waals surface area contributed by atoms with Crippen molar-refractivity contribution >= 4 is 23.2 Å². The van der Waals surface area contributed by atoms with E-state index in [1.807, 2.05) is 36.4 Å². The lowest BCUT2D eigenvalue weighted by atomic mass is 10.0. The molecule has 0 aliphatic rings. The molecule has 1 unspecified atom stereocenters. The smallest absolute Gasteiger partial charge is 0.0406 e. The Morgan fingerprint density at radius 2 is 1.48 bits per heavy atom. The Morgan fingerprint density at radius 1 is 0.952 bits per heavy atom. The zero-order chi connectivity index (χ0) is 15.2. The standard InChI is InChI=1S/C17H20Cl2N2/c1-21(12-13-2-6-15(18)7-3-13)11-10-17(20)14-4-8-16(19)9-5-14/h2-9,17H,10-12,20H2,1H3. The lowest BCUT2D eigenvalue weighted by molar-refractivity contribution is 0.311. The van der Waals surface area contributed by atoms with Gasteiger partial charge in [0.15, 0.2) is 0 Å².